The van der Waals surface area contributed by atoms with Gasteiger partial charge in [-0.25, -0.2) is 0 Å². The summed E-state index contributed by atoms with van der Waals surface area (Å²) in [6, 6.07) is 10.2. The molecule has 0 saturated carbocycles. The zero-order valence-corrected chi connectivity index (χ0v) is 14.0. The Morgan fingerprint density at radius 2 is 2.05 bits per heavy atom. The molecule has 2 rings (SSSR count). The Morgan fingerprint density at radius 3 is 2.76 bits per heavy atom. The van der Waals surface area contributed by atoms with Crippen molar-refractivity contribution < 1.29 is 4.79 Å². The minimum atomic E-state index is -0.0462. The van der Waals surface area contributed by atoms with E-state index in [1.807, 2.05) is 25.2 Å². The molecule has 114 valence electrons. The van der Waals surface area contributed by atoms with Gasteiger partial charge in [0.1, 0.15) is 0 Å². The summed E-state index contributed by atoms with van der Waals surface area (Å²) in [5.41, 5.74) is 1.24. The van der Waals surface area contributed by atoms with Crippen LogP contribution in [-0.4, -0.2) is 29.7 Å². The second kappa shape index (κ2) is 9.73. The van der Waals surface area contributed by atoms with Crippen LogP contribution in [0.4, 0.5) is 5.13 Å². The number of nitrogens with zero attached hydrogens (tertiary/aromatic N) is 2. The van der Waals surface area contributed by atoms with Gasteiger partial charge in [-0.3, -0.25) is 4.79 Å². The summed E-state index contributed by atoms with van der Waals surface area (Å²) in [5.74, 6) is 0.804. The van der Waals surface area contributed by atoms with Crippen LogP contribution in [0.1, 0.15) is 12.0 Å². The first-order chi connectivity index (χ1) is 9.78. The van der Waals surface area contributed by atoms with Crippen LogP contribution < -0.4 is 10.6 Å². The van der Waals surface area contributed by atoms with Crippen molar-refractivity contribution in [1.29, 1.82) is 0 Å². The largest absolute Gasteiger partial charge is 0.319 e. The zero-order valence-electron chi connectivity index (χ0n) is 11.5. The number of anilines is 1. The molecule has 0 unspecified atom stereocenters. The molecule has 8 heteroatoms. The summed E-state index contributed by atoms with van der Waals surface area (Å²) in [6.45, 7) is 0.653. The van der Waals surface area contributed by atoms with Gasteiger partial charge in [-0.1, -0.05) is 53.4 Å². The Kier molecular flexibility index (Phi) is 8.29. The average molecular weight is 345 g/mol. The summed E-state index contributed by atoms with van der Waals surface area (Å²) < 4.78 is 0.859. The first-order valence-corrected chi connectivity index (χ1v) is 8.03. The molecule has 0 aliphatic heterocycles. The number of carbonyl (C=O) groups is 1. The second-order valence-electron chi connectivity index (χ2n) is 4.05. The van der Waals surface area contributed by atoms with Crippen molar-refractivity contribution in [3.63, 3.8) is 0 Å². The van der Waals surface area contributed by atoms with Crippen LogP contribution in [0.25, 0.3) is 0 Å². The first kappa shape index (κ1) is 17.9. The third-order valence-corrected chi connectivity index (χ3v) is 4.50. The molecule has 1 aromatic carbocycles. The summed E-state index contributed by atoms with van der Waals surface area (Å²) in [7, 11) is 1.82. The highest BCUT2D eigenvalue weighted by Crippen LogP contribution is 2.28. The Hall–Kier alpha value is -1.15. The van der Waals surface area contributed by atoms with E-state index in [4.69, 9.17) is 0 Å². The minimum absolute atomic E-state index is 0. The normalized spacial score (nSPS) is 9.95. The first-order valence-electron chi connectivity index (χ1n) is 6.22. The van der Waals surface area contributed by atoms with Crippen LogP contribution >= 0.6 is 35.5 Å². The Balaban J connectivity index is 0.00000220. The highest BCUT2D eigenvalue weighted by molar-refractivity contribution is 8.00. The molecule has 5 nitrogen and oxygen atoms in total. The van der Waals surface area contributed by atoms with Gasteiger partial charge >= 0.3 is 0 Å². The third-order valence-electron chi connectivity index (χ3n) is 2.46. The number of nitrogens with one attached hydrogen (secondary N) is 2. The maximum atomic E-state index is 11.5. The summed E-state index contributed by atoms with van der Waals surface area (Å²) >= 11 is 3.02. The second-order valence-corrected chi connectivity index (χ2v) is 6.25. The van der Waals surface area contributed by atoms with Gasteiger partial charge < -0.3 is 10.6 Å². The lowest BCUT2D eigenvalue weighted by Gasteiger charge is -1.99. The summed E-state index contributed by atoms with van der Waals surface area (Å²) in [5, 5.41) is 14.3. The molecule has 0 spiro atoms. The molecule has 0 atom stereocenters. The van der Waals surface area contributed by atoms with Crippen LogP contribution in [0.3, 0.4) is 0 Å². The van der Waals surface area contributed by atoms with Gasteiger partial charge in [-0.05, 0) is 12.6 Å². The number of rotatable bonds is 7. The molecular weight excluding hydrogens is 328 g/mol. The fraction of sp³-hybridized carbons (Fsp3) is 0.308. The highest BCUT2D eigenvalue weighted by atomic mass is 35.5. The number of aromatic nitrogens is 2. The van der Waals surface area contributed by atoms with E-state index in [0.29, 0.717) is 18.1 Å². The molecule has 0 fully saturated rings. The van der Waals surface area contributed by atoms with Crippen LogP contribution in [-0.2, 0) is 10.5 Å². The smallest absolute Gasteiger partial charge is 0.227 e. The Bertz CT molecular complexity index is 550. The molecule has 1 aromatic heterocycles. The lowest BCUT2D eigenvalue weighted by molar-refractivity contribution is -0.116. The number of benzene rings is 1. The molecule has 0 radical (unpaired) electrons. The maximum Gasteiger partial charge on any atom is 0.227 e. The van der Waals surface area contributed by atoms with E-state index in [1.54, 1.807) is 11.8 Å². The molecule has 0 aliphatic rings. The quantitative estimate of drug-likeness (QED) is 0.597. The van der Waals surface area contributed by atoms with Crippen molar-refractivity contribution in [2.45, 2.75) is 16.5 Å². The number of halogens is 1. The van der Waals surface area contributed by atoms with Crippen LogP contribution in [0.2, 0.25) is 0 Å². The summed E-state index contributed by atoms with van der Waals surface area (Å²) in [4.78, 5) is 11.5. The van der Waals surface area contributed by atoms with Crippen molar-refractivity contribution in [1.82, 2.24) is 15.5 Å². The monoisotopic (exact) mass is 344 g/mol. The standard InChI is InChI=1S/C13H16N4OS2.ClH/c1-14-8-7-11(18)15-12-16-17-13(20-12)19-9-10-5-3-2-4-6-10;/h2-6,14H,7-9H2,1H3,(H,15,16,18);1H. The van der Waals surface area contributed by atoms with E-state index in [2.05, 4.69) is 33.0 Å². The maximum absolute atomic E-state index is 11.5. The number of hydrogen-bond acceptors (Lipinski definition) is 6. The molecule has 1 heterocycles. The highest BCUT2D eigenvalue weighted by Gasteiger charge is 2.08. The van der Waals surface area contributed by atoms with Crippen molar-refractivity contribution in [2.24, 2.45) is 0 Å². The number of carbonyl (C=O) groups excluding carboxylic acids is 1. The minimum Gasteiger partial charge on any atom is -0.319 e. The van der Waals surface area contributed by atoms with Gasteiger partial charge in [0.2, 0.25) is 11.0 Å². The predicted octanol–water partition coefficient (Wildman–Crippen LogP) is 2.80. The van der Waals surface area contributed by atoms with Gasteiger partial charge in [-0.15, -0.1) is 22.6 Å². The van der Waals surface area contributed by atoms with E-state index >= 15 is 0 Å². The SMILES string of the molecule is CNCCC(=O)Nc1nnc(SCc2ccccc2)s1.Cl. The third kappa shape index (κ3) is 6.43. The van der Waals surface area contributed by atoms with E-state index < -0.39 is 0 Å². The fourth-order valence-electron chi connectivity index (χ4n) is 1.46. The van der Waals surface area contributed by atoms with E-state index in [0.717, 1.165) is 10.1 Å². The zero-order chi connectivity index (χ0) is 14.2. The van der Waals surface area contributed by atoms with Crippen molar-refractivity contribution in [3.05, 3.63) is 35.9 Å². The number of amides is 1. The van der Waals surface area contributed by atoms with Crippen molar-refractivity contribution >= 4 is 46.5 Å². The van der Waals surface area contributed by atoms with E-state index in [9.17, 15) is 4.79 Å². The molecule has 21 heavy (non-hydrogen) atoms. The molecule has 2 aromatic rings. The fourth-order valence-corrected chi connectivity index (χ4v) is 3.18. The lowest BCUT2D eigenvalue weighted by atomic mass is 10.2. The molecule has 0 aliphatic carbocycles. The van der Waals surface area contributed by atoms with Gasteiger partial charge in [0.25, 0.3) is 0 Å². The number of hydrogen-bond donors (Lipinski definition) is 2. The molecule has 1 amide bonds. The number of thioether (sulfide) groups is 1. The molecule has 0 saturated heterocycles. The Labute approximate surface area is 138 Å². The van der Waals surface area contributed by atoms with E-state index in [1.165, 1.54) is 16.9 Å². The average Bonchev–Trinajstić information content (AvgIpc) is 2.91. The molecule has 2 N–H and O–H groups in total. The van der Waals surface area contributed by atoms with Crippen LogP contribution in [0.15, 0.2) is 34.7 Å². The van der Waals surface area contributed by atoms with Gasteiger partial charge in [0, 0.05) is 18.7 Å². The topological polar surface area (TPSA) is 66.9 Å². The van der Waals surface area contributed by atoms with E-state index in [-0.39, 0.29) is 18.3 Å². The van der Waals surface area contributed by atoms with Gasteiger partial charge in [-0.2, -0.15) is 0 Å². The van der Waals surface area contributed by atoms with Crippen molar-refractivity contribution in [3.8, 4) is 0 Å². The van der Waals surface area contributed by atoms with Crippen LogP contribution in [0.5, 0.6) is 0 Å². The van der Waals surface area contributed by atoms with Gasteiger partial charge in [0.05, 0.1) is 0 Å². The van der Waals surface area contributed by atoms with Crippen molar-refractivity contribution in [2.75, 3.05) is 18.9 Å². The summed E-state index contributed by atoms with van der Waals surface area (Å²) in [6.07, 6.45) is 0.433. The Morgan fingerprint density at radius 1 is 1.29 bits per heavy atom. The van der Waals surface area contributed by atoms with Crippen LogP contribution in [0, 0.1) is 0 Å². The lowest BCUT2D eigenvalue weighted by Crippen LogP contribution is -2.18. The molecular formula is C13H17ClN4OS2. The predicted molar refractivity (Wildman–Crippen MR) is 90.3 cm³/mol. The molecule has 0 bridgehead atoms. The van der Waals surface area contributed by atoms with Gasteiger partial charge in [0.15, 0.2) is 4.34 Å².